The molecule has 3 aromatic rings. The first-order valence-electron chi connectivity index (χ1n) is 12.2. The summed E-state index contributed by atoms with van der Waals surface area (Å²) in [5.41, 5.74) is 5.34. The van der Waals surface area contributed by atoms with Gasteiger partial charge in [0.1, 0.15) is 11.6 Å². The molecule has 34 heavy (non-hydrogen) atoms. The molecule has 1 amide bonds. The molecule has 3 aliphatic carbocycles. The molecule has 0 radical (unpaired) electrons. The third-order valence-electron chi connectivity index (χ3n) is 8.66. The number of aryl methyl sites for hydroxylation is 1. The topological polar surface area (TPSA) is 70.7 Å². The first-order chi connectivity index (χ1) is 16.4. The molecule has 5 nitrogen and oxygen atoms in total. The van der Waals surface area contributed by atoms with Crippen molar-refractivity contribution in [3.8, 4) is 0 Å². The number of hydrogen-bond donors (Lipinski definition) is 2. The normalized spacial score (nSPS) is 29.0. The standard InChI is InChI=1S/C27H28ClFN4O/c1-27-10-8-19-18-5-3-16(28)12-15(18)2-4-20(19)25(27)21(22-14-31-33-26(22)27)6-7-24(34)32-23-13-17(29)9-11-30-23/h3,5,9,11-14,19-21,25H,2,4,6-8,10H2,1H3,(H,31,33)(H,30,32,34)/t19?,20?,21-,25?,27+/m1/s1. The van der Waals surface area contributed by atoms with Crippen LogP contribution in [0.3, 0.4) is 0 Å². The fourth-order valence-corrected chi connectivity index (χ4v) is 7.55. The van der Waals surface area contributed by atoms with E-state index in [0.717, 1.165) is 37.1 Å². The molecule has 0 saturated heterocycles. The molecule has 5 atom stereocenters. The van der Waals surface area contributed by atoms with Crippen LogP contribution in [-0.2, 0) is 16.6 Å². The first-order valence-corrected chi connectivity index (χ1v) is 12.6. The number of carbonyl (C=O) groups is 1. The van der Waals surface area contributed by atoms with Crippen molar-refractivity contribution < 1.29 is 9.18 Å². The Balaban J connectivity index is 1.26. The maximum atomic E-state index is 13.5. The largest absolute Gasteiger partial charge is 0.311 e. The molecular formula is C27H28ClFN4O. The molecule has 3 unspecified atom stereocenters. The van der Waals surface area contributed by atoms with E-state index >= 15 is 0 Å². The smallest absolute Gasteiger partial charge is 0.225 e. The second-order valence-electron chi connectivity index (χ2n) is 10.4. The van der Waals surface area contributed by atoms with Gasteiger partial charge in [-0.05, 0) is 90.7 Å². The number of halogens is 2. The van der Waals surface area contributed by atoms with Crippen molar-refractivity contribution in [1.82, 2.24) is 15.2 Å². The Labute approximate surface area is 203 Å². The summed E-state index contributed by atoms with van der Waals surface area (Å²) in [6.45, 7) is 2.38. The predicted molar refractivity (Wildman–Crippen MR) is 129 cm³/mol. The number of pyridine rings is 1. The Bertz CT molecular complexity index is 1260. The van der Waals surface area contributed by atoms with Crippen molar-refractivity contribution in [3.63, 3.8) is 0 Å². The lowest BCUT2D eigenvalue weighted by Crippen LogP contribution is -2.44. The van der Waals surface area contributed by atoms with Gasteiger partial charge in [0.25, 0.3) is 0 Å². The summed E-state index contributed by atoms with van der Waals surface area (Å²) in [6.07, 6.45) is 8.94. The maximum absolute atomic E-state index is 13.5. The van der Waals surface area contributed by atoms with Gasteiger partial charge in [-0.1, -0.05) is 24.6 Å². The highest BCUT2D eigenvalue weighted by atomic mass is 35.5. The average Bonchev–Trinajstić information content (AvgIpc) is 3.38. The quantitative estimate of drug-likeness (QED) is 0.474. The molecule has 3 aliphatic rings. The van der Waals surface area contributed by atoms with Crippen LogP contribution in [0.15, 0.2) is 42.7 Å². The van der Waals surface area contributed by atoms with E-state index in [2.05, 4.69) is 34.5 Å². The van der Waals surface area contributed by atoms with Gasteiger partial charge in [0.2, 0.25) is 5.91 Å². The number of carbonyl (C=O) groups excluding carboxylic acids is 1. The number of benzene rings is 1. The number of rotatable bonds is 4. The minimum Gasteiger partial charge on any atom is -0.311 e. The zero-order valence-electron chi connectivity index (χ0n) is 19.2. The number of H-pyrrole nitrogens is 1. The van der Waals surface area contributed by atoms with Crippen molar-refractivity contribution in [2.45, 2.75) is 62.7 Å². The minimum absolute atomic E-state index is 0.0195. The summed E-state index contributed by atoms with van der Waals surface area (Å²) >= 11 is 6.30. The Morgan fingerprint density at radius 2 is 2.15 bits per heavy atom. The van der Waals surface area contributed by atoms with Crippen molar-refractivity contribution >= 4 is 23.3 Å². The van der Waals surface area contributed by atoms with Crippen LogP contribution in [0.25, 0.3) is 0 Å². The Morgan fingerprint density at radius 1 is 1.26 bits per heavy atom. The van der Waals surface area contributed by atoms with Crippen LogP contribution in [-0.4, -0.2) is 21.1 Å². The van der Waals surface area contributed by atoms with Gasteiger partial charge >= 0.3 is 0 Å². The van der Waals surface area contributed by atoms with Gasteiger partial charge in [-0.2, -0.15) is 5.10 Å². The molecule has 0 spiro atoms. The van der Waals surface area contributed by atoms with Crippen LogP contribution in [0.5, 0.6) is 0 Å². The molecule has 1 aromatic carbocycles. The fraction of sp³-hybridized carbons (Fsp3) is 0.444. The highest BCUT2D eigenvalue weighted by Gasteiger charge is 2.58. The number of aromatic amines is 1. The second-order valence-corrected chi connectivity index (χ2v) is 10.8. The molecule has 2 heterocycles. The van der Waals surface area contributed by atoms with Gasteiger partial charge < -0.3 is 5.32 Å². The number of anilines is 1. The molecule has 7 heteroatoms. The van der Waals surface area contributed by atoms with Crippen LogP contribution < -0.4 is 5.32 Å². The van der Waals surface area contributed by atoms with Crippen LogP contribution in [0, 0.1) is 17.7 Å². The van der Waals surface area contributed by atoms with E-state index in [0.29, 0.717) is 24.2 Å². The lowest BCUT2D eigenvalue weighted by molar-refractivity contribution is -0.116. The average molecular weight is 479 g/mol. The lowest BCUT2D eigenvalue weighted by Gasteiger charge is -2.50. The third-order valence-corrected chi connectivity index (χ3v) is 8.89. The molecule has 6 rings (SSSR count). The third kappa shape index (κ3) is 3.46. The van der Waals surface area contributed by atoms with Gasteiger partial charge in [0.15, 0.2) is 0 Å². The van der Waals surface area contributed by atoms with Crippen LogP contribution in [0.2, 0.25) is 5.02 Å². The number of hydrogen-bond acceptors (Lipinski definition) is 3. The molecule has 0 bridgehead atoms. The van der Waals surface area contributed by atoms with Crippen LogP contribution >= 0.6 is 11.6 Å². The van der Waals surface area contributed by atoms with Crippen molar-refractivity contribution in [2.75, 3.05) is 5.32 Å². The summed E-state index contributed by atoms with van der Waals surface area (Å²) in [5.74, 6) is 1.51. The van der Waals surface area contributed by atoms with E-state index in [1.165, 1.54) is 40.7 Å². The molecule has 2 aromatic heterocycles. The summed E-state index contributed by atoms with van der Waals surface area (Å²) in [5, 5.41) is 11.4. The van der Waals surface area contributed by atoms with Gasteiger partial charge in [-0.15, -0.1) is 0 Å². The zero-order chi connectivity index (χ0) is 23.4. The van der Waals surface area contributed by atoms with E-state index in [4.69, 9.17) is 16.7 Å². The molecule has 176 valence electrons. The van der Waals surface area contributed by atoms with E-state index < -0.39 is 5.82 Å². The Hall–Kier alpha value is -2.73. The number of fused-ring (bicyclic) bond motifs is 7. The molecule has 2 N–H and O–H groups in total. The van der Waals surface area contributed by atoms with Crippen molar-refractivity contribution in [1.29, 1.82) is 0 Å². The first kappa shape index (κ1) is 21.8. The number of nitrogens with one attached hydrogen (secondary N) is 2. The van der Waals surface area contributed by atoms with Gasteiger partial charge in [-0.25, -0.2) is 9.37 Å². The Kier molecular flexibility index (Phi) is 5.25. The van der Waals surface area contributed by atoms with Crippen molar-refractivity contribution in [2.24, 2.45) is 11.8 Å². The fourth-order valence-electron chi connectivity index (χ4n) is 7.35. The van der Waals surface area contributed by atoms with E-state index in [1.807, 2.05) is 12.3 Å². The molecule has 1 fully saturated rings. The monoisotopic (exact) mass is 478 g/mol. The van der Waals surface area contributed by atoms with Crippen LogP contribution in [0.4, 0.5) is 10.2 Å². The number of nitrogens with zero attached hydrogens (tertiary/aromatic N) is 2. The highest BCUT2D eigenvalue weighted by Crippen LogP contribution is 2.64. The SMILES string of the molecule is C[C@]12CCC3c4ccc(Cl)cc4CCC3C1[C@H](CCC(=O)Nc1cc(F)ccn1)c1c[nH]nc12. The Morgan fingerprint density at radius 3 is 3.00 bits per heavy atom. The summed E-state index contributed by atoms with van der Waals surface area (Å²) in [4.78, 5) is 16.8. The van der Waals surface area contributed by atoms with Gasteiger partial charge in [0, 0.05) is 35.3 Å². The van der Waals surface area contributed by atoms with E-state index in [1.54, 1.807) is 0 Å². The molecule has 1 saturated carbocycles. The lowest BCUT2D eigenvalue weighted by atomic mass is 9.53. The van der Waals surface area contributed by atoms with Crippen molar-refractivity contribution in [3.05, 3.63) is 75.9 Å². The summed E-state index contributed by atoms with van der Waals surface area (Å²) in [6, 6.07) is 8.92. The van der Waals surface area contributed by atoms with E-state index in [-0.39, 0.29) is 23.1 Å². The second kappa shape index (κ2) is 8.19. The van der Waals surface area contributed by atoms with Gasteiger partial charge in [0.05, 0.1) is 5.69 Å². The molecule has 0 aliphatic heterocycles. The summed E-state index contributed by atoms with van der Waals surface area (Å²) in [7, 11) is 0. The summed E-state index contributed by atoms with van der Waals surface area (Å²) < 4.78 is 13.5. The minimum atomic E-state index is -0.410. The number of amides is 1. The molecular weight excluding hydrogens is 451 g/mol. The highest BCUT2D eigenvalue weighted by molar-refractivity contribution is 6.30. The predicted octanol–water partition coefficient (Wildman–Crippen LogP) is 6.13. The maximum Gasteiger partial charge on any atom is 0.225 e. The van der Waals surface area contributed by atoms with Gasteiger partial charge in [-0.3, -0.25) is 9.89 Å². The number of aromatic nitrogens is 3. The zero-order valence-corrected chi connectivity index (χ0v) is 19.9. The van der Waals surface area contributed by atoms with Crippen LogP contribution in [0.1, 0.15) is 73.2 Å². The van der Waals surface area contributed by atoms with E-state index in [9.17, 15) is 9.18 Å².